The molecule has 0 heterocycles. The number of hydrogen-bond acceptors (Lipinski definition) is 0. The summed E-state index contributed by atoms with van der Waals surface area (Å²) in [6.45, 7) is 8.56. The maximum atomic E-state index is 2.28. The fraction of sp³-hybridized carbons (Fsp3) is 0.154. The zero-order valence-corrected chi connectivity index (χ0v) is 21.2. The van der Waals surface area contributed by atoms with Crippen LogP contribution in [0, 0.1) is 27.7 Å². The number of halogens is 2. The molecule has 0 atom stereocenters. The Morgan fingerprint density at radius 3 is 1.45 bits per heavy atom. The monoisotopic (exact) mass is 496 g/mol. The second-order valence-corrected chi connectivity index (χ2v) is 7.43. The molecule has 0 aliphatic heterocycles. The summed E-state index contributed by atoms with van der Waals surface area (Å²) in [6, 6.07) is 26.5. The van der Waals surface area contributed by atoms with Gasteiger partial charge < -0.3 is 24.8 Å². The molecule has 146 valence electrons. The van der Waals surface area contributed by atoms with Crippen LogP contribution in [-0.2, 0) is 26.2 Å². The van der Waals surface area contributed by atoms with Gasteiger partial charge >= 0.3 is 26.2 Å². The maximum absolute atomic E-state index is 2.28. The van der Waals surface area contributed by atoms with E-state index in [1.54, 1.807) is 0 Å². The molecule has 0 bridgehead atoms. The van der Waals surface area contributed by atoms with Gasteiger partial charge in [-0.05, 0) is 20.8 Å². The summed E-state index contributed by atoms with van der Waals surface area (Å²) in [5.41, 5.74) is 5.37. The molecule has 0 aliphatic carbocycles. The maximum Gasteiger partial charge on any atom is 4.00 e. The summed E-state index contributed by atoms with van der Waals surface area (Å²) >= 11 is 0. The van der Waals surface area contributed by atoms with Crippen molar-refractivity contribution in [3.63, 3.8) is 0 Å². The molecule has 3 heteroatoms. The Bertz CT molecular complexity index is 1170. The SMILES string of the molecule is Cc1ccc2c(C)c[cH-]c2c1.Cc1ccc2c(c1)[cH-]c1cc(C)ccc12.[Cl-].[Cl-].[Zr+4]. The van der Waals surface area contributed by atoms with Gasteiger partial charge in [-0.3, -0.25) is 0 Å². The molecule has 0 amide bonds. The van der Waals surface area contributed by atoms with Gasteiger partial charge in [0.1, 0.15) is 0 Å². The zero-order chi connectivity index (χ0) is 18.3. The summed E-state index contributed by atoms with van der Waals surface area (Å²) in [5.74, 6) is 0. The summed E-state index contributed by atoms with van der Waals surface area (Å²) in [5, 5.41) is 8.20. The van der Waals surface area contributed by atoms with E-state index in [0.717, 1.165) is 0 Å². The van der Waals surface area contributed by atoms with Crippen molar-refractivity contribution in [2.24, 2.45) is 0 Å². The first-order valence-corrected chi connectivity index (χ1v) is 9.20. The van der Waals surface area contributed by atoms with Crippen molar-refractivity contribution in [1.82, 2.24) is 0 Å². The number of fused-ring (bicyclic) bond motifs is 4. The van der Waals surface area contributed by atoms with E-state index >= 15 is 0 Å². The van der Waals surface area contributed by atoms with Gasteiger partial charge in [-0.25, -0.2) is 0 Å². The van der Waals surface area contributed by atoms with Gasteiger partial charge in [0.25, 0.3) is 0 Å². The minimum Gasteiger partial charge on any atom is -1.00 e. The van der Waals surface area contributed by atoms with Crippen LogP contribution in [0.3, 0.4) is 0 Å². The first-order chi connectivity index (χ1) is 12.5. The van der Waals surface area contributed by atoms with Gasteiger partial charge in [-0.1, -0.05) is 53.9 Å². The molecule has 0 nitrogen and oxygen atoms in total. The second-order valence-electron chi connectivity index (χ2n) is 7.43. The third kappa shape index (κ3) is 5.40. The van der Waals surface area contributed by atoms with Gasteiger partial charge in [0, 0.05) is 0 Å². The van der Waals surface area contributed by atoms with E-state index in [9.17, 15) is 0 Å². The van der Waals surface area contributed by atoms with E-state index in [0.29, 0.717) is 0 Å². The van der Waals surface area contributed by atoms with Crippen molar-refractivity contribution in [2.75, 3.05) is 0 Å². The Kier molecular flexibility index (Phi) is 9.35. The number of hydrogen-bond donors (Lipinski definition) is 0. The zero-order valence-electron chi connectivity index (χ0n) is 17.2. The quantitative estimate of drug-likeness (QED) is 0.284. The molecule has 29 heavy (non-hydrogen) atoms. The first-order valence-electron chi connectivity index (χ1n) is 9.20. The van der Waals surface area contributed by atoms with Crippen molar-refractivity contribution < 1.29 is 51.0 Å². The molecule has 0 unspecified atom stereocenters. The van der Waals surface area contributed by atoms with Crippen molar-refractivity contribution in [2.45, 2.75) is 27.7 Å². The first kappa shape index (κ1) is 25.6. The minimum atomic E-state index is 0. The Morgan fingerprint density at radius 2 is 0.966 bits per heavy atom. The van der Waals surface area contributed by atoms with Gasteiger partial charge in [-0.15, -0.1) is 68.7 Å². The summed E-state index contributed by atoms with van der Waals surface area (Å²) < 4.78 is 0. The van der Waals surface area contributed by atoms with Gasteiger partial charge in [-0.2, -0.15) is 11.6 Å². The number of rotatable bonds is 0. The molecule has 0 saturated heterocycles. The molecule has 5 rings (SSSR count). The standard InChI is InChI=1S/C15H13.C11H11.2ClH.Zr/c1-10-3-5-14-12(7-10)9-13-8-11(2)4-6-15(13)14;1-8-3-6-11-9(2)4-5-10(11)7-8;;;/h3-9H,1-2H3;3-7H,1-2H3;2*1H;/q2*-1;;;+4/p-2. The molecule has 0 spiro atoms. The average Bonchev–Trinajstić information content (AvgIpc) is 3.14. The molecule has 5 aromatic carbocycles. The predicted octanol–water partition coefficient (Wildman–Crippen LogP) is 1.51. The van der Waals surface area contributed by atoms with E-state index in [1.807, 2.05) is 0 Å². The largest absolute Gasteiger partial charge is 4.00 e. The van der Waals surface area contributed by atoms with Crippen LogP contribution in [0.5, 0.6) is 0 Å². The third-order valence-corrected chi connectivity index (χ3v) is 5.16. The van der Waals surface area contributed by atoms with Gasteiger partial charge in [0.15, 0.2) is 0 Å². The fourth-order valence-electron chi connectivity index (χ4n) is 3.74. The minimum absolute atomic E-state index is 0. The number of aryl methyl sites for hydroxylation is 4. The van der Waals surface area contributed by atoms with E-state index in [1.165, 1.54) is 54.6 Å². The Labute approximate surface area is 205 Å². The smallest absolute Gasteiger partial charge is 1.00 e. The molecule has 5 aromatic rings. The van der Waals surface area contributed by atoms with Crippen LogP contribution in [0.4, 0.5) is 0 Å². The van der Waals surface area contributed by atoms with Crippen LogP contribution in [0.2, 0.25) is 0 Å². The molecule has 0 fully saturated rings. The van der Waals surface area contributed by atoms with Gasteiger partial charge in [0.2, 0.25) is 0 Å². The Hall–Kier alpha value is -1.40. The summed E-state index contributed by atoms with van der Waals surface area (Å²) in [6.07, 6.45) is 0. The van der Waals surface area contributed by atoms with Crippen LogP contribution in [0.25, 0.3) is 32.3 Å². The van der Waals surface area contributed by atoms with Crippen molar-refractivity contribution >= 4 is 32.3 Å². The predicted molar refractivity (Wildman–Crippen MR) is 116 cm³/mol. The molecular formula is C26H24Cl2Zr. The second kappa shape index (κ2) is 10.6. The normalized spacial score (nSPS) is 9.93. The van der Waals surface area contributed by atoms with Crippen LogP contribution >= 0.6 is 0 Å². The number of benzene rings is 3. The van der Waals surface area contributed by atoms with Gasteiger partial charge in [0.05, 0.1) is 0 Å². The third-order valence-electron chi connectivity index (χ3n) is 5.16. The fourth-order valence-corrected chi connectivity index (χ4v) is 3.74. The molecule has 0 N–H and O–H groups in total. The van der Waals surface area contributed by atoms with Crippen LogP contribution in [0.1, 0.15) is 22.3 Å². The molecule has 0 saturated carbocycles. The summed E-state index contributed by atoms with van der Waals surface area (Å²) in [7, 11) is 0. The van der Waals surface area contributed by atoms with E-state index < -0.39 is 0 Å². The van der Waals surface area contributed by atoms with Crippen molar-refractivity contribution in [3.05, 3.63) is 95.1 Å². The summed E-state index contributed by atoms with van der Waals surface area (Å²) in [4.78, 5) is 0. The van der Waals surface area contributed by atoms with E-state index in [-0.39, 0.29) is 51.0 Å². The molecule has 0 aromatic heterocycles. The Balaban J connectivity index is 0.000000273. The van der Waals surface area contributed by atoms with Crippen LogP contribution in [0.15, 0.2) is 72.8 Å². The Morgan fingerprint density at radius 1 is 0.552 bits per heavy atom. The van der Waals surface area contributed by atoms with E-state index in [4.69, 9.17) is 0 Å². The average molecular weight is 499 g/mol. The van der Waals surface area contributed by atoms with E-state index in [2.05, 4.69) is 100 Å². The van der Waals surface area contributed by atoms with Crippen molar-refractivity contribution in [3.8, 4) is 0 Å². The topological polar surface area (TPSA) is 0 Å². The molecule has 0 aliphatic rings. The molecule has 0 radical (unpaired) electrons. The molecular weight excluding hydrogens is 474 g/mol. The van der Waals surface area contributed by atoms with Crippen molar-refractivity contribution in [1.29, 1.82) is 0 Å². The van der Waals surface area contributed by atoms with Crippen LogP contribution in [-0.4, -0.2) is 0 Å². The van der Waals surface area contributed by atoms with Crippen LogP contribution < -0.4 is 24.8 Å².